The van der Waals surface area contributed by atoms with E-state index in [1.165, 1.54) is 4.31 Å². The van der Waals surface area contributed by atoms with E-state index in [-0.39, 0.29) is 10.7 Å². The monoisotopic (exact) mass is 386 g/mol. The molecule has 22 heavy (non-hydrogen) atoms. The summed E-state index contributed by atoms with van der Waals surface area (Å²) in [6.45, 7) is 0.970. The third-order valence-corrected chi connectivity index (χ3v) is 6.10. The van der Waals surface area contributed by atoms with E-state index in [1.807, 2.05) is 0 Å². The number of aromatic amines is 1. The van der Waals surface area contributed by atoms with Crippen LogP contribution in [-0.4, -0.2) is 36.8 Å². The van der Waals surface area contributed by atoms with Gasteiger partial charge in [-0.1, -0.05) is 15.9 Å². The maximum absolute atomic E-state index is 12.9. The second kappa shape index (κ2) is 5.56. The van der Waals surface area contributed by atoms with Crippen LogP contribution in [-0.2, 0) is 10.0 Å². The lowest BCUT2D eigenvalue weighted by Crippen LogP contribution is -2.29. The van der Waals surface area contributed by atoms with Crippen LogP contribution in [0.5, 0.6) is 0 Å². The molecule has 0 saturated carbocycles. The van der Waals surface area contributed by atoms with Crippen LogP contribution >= 0.6 is 15.9 Å². The zero-order valence-corrected chi connectivity index (χ0v) is 14.0. The quantitative estimate of drug-likeness (QED) is 0.751. The lowest BCUT2D eigenvalue weighted by atomic mass is 10.2. The smallest absolute Gasteiger partial charge is 0.317 e. The normalized spacial score (nSPS) is 16.2. The van der Waals surface area contributed by atoms with E-state index in [2.05, 4.69) is 26.2 Å². The second-order valence-corrected chi connectivity index (χ2v) is 7.91. The number of aromatic nitrogens is 1. The van der Waals surface area contributed by atoms with Crippen molar-refractivity contribution >= 4 is 48.7 Å². The topological polar surface area (TPSA) is 108 Å². The molecule has 1 aromatic carbocycles. The van der Waals surface area contributed by atoms with Gasteiger partial charge < -0.3 is 10.7 Å². The number of rotatable bonds is 3. The molecule has 118 valence electrons. The van der Waals surface area contributed by atoms with Gasteiger partial charge in [-0.2, -0.15) is 4.31 Å². The maximum Gasteiger partial charge on any atom is 0.317 e. The van der Waals surface area contributed by atoms with E-state index in [0.717, 1.165) is 17.3 Å². The molecule has 0 atom stereocenters. The van der Waals surface area contributed by atoms with Crippen molar-refractivity contribution in [3.63, 3.8) is 0 Å². The molecule has 1 saturated heterocycles. The number of hydrogen-bond donors (Lipinski definition) is 3. The van der Waals surface area contributed by atoms with Crippen molar-refractivity contribution in [3.8, 4) is 0 Å². The van der Waals surface area contributed by atoms with Crippen molar-refractivity contribution in [2.75, 3.05) is 18.4 Å². The van der Waals surface area contributed by atoms with Crippen molar-refractivity contribution in [2.45, 2.75) is 17.7 Å². The number of amides is 2. The van der Waals surface area contributed by atoms with Crippen molar-refractivity contribution in [1.29, 1.82) is 0 Å². The zero-order valence-electron chi connectivity index (χ0n) is 11.6. The number of benzene rings is 1. The van der Waals surface area contributed by atoms with Crippen LogP contribution < -0.4 is 11.1 Å². The lowest BCUT2D eigenvalue weighted by molar-refractivity contribution is 0.259. The first-order valence-electron chi connectivity index (χ1n) is 6.77. The maximum atomic E-state index is 12.9. The standard InChI is InChI=1S/C13H15BrN4O3S/c14-8-3-4-10-9(7-8)11(12(16-10)17-13(15)19)22(20,21)18-5-1-2-6-18/h3-4,7,16H,1-2,5-6H2,(H3,15,17,19). The molecule has 0 aliphatic carbocycles. The van der Waals surface area contributed by atoms with Gasteiger partial charge in [-0.15, -0.1) is 0 Å². The Bertz CT molecular complexity index is 840. The molecule has 0 radical (unpaired) electrons. The van der Waals surface area contributed by atoms with Crippen LogP contribution in [0.25, 0.3) is 10.9 Å². The molecule has 1 aliphatic rings. The molecular weight excluding hydrogens is 372 g/mol. The number of carbonyl (C=O) groups is 1. The van der Waals surface area contributed by atoms with E-state index in [1.54, 1.807) is 18.2 Å². The number of nitrogens with zero attached hydrogens (tertiary/aromatic N) is 1. The highest BCUT2D eigenvalue weighted by Gasteiger charge is 2.32. The third-order valence-electron chi connectivity index (χ3n) is 3.62. The van der Waals surface area contributed by atoms with E-state index < -0.39 is 16.1 Å². The van der Waals surface area contributed by atoms with Crippen LogP contribution in [0.4, 0.5) is 10.6 Å². The molecule has 1 aromatic heterocycles. The Morgan fingerprint density at radius 2 is 2.00 bits per heavy atom. The largest absolute Gasteiger partial charge is 0.351 e. The predicted octanol–water partition coefficient (Wildman–Crippen LogP) is 2.21. The summed E-state index contributed by atoms with van der Waals surface area (Å²) in [5.41, 5.74) is 5.77. The average molecular weight is 387 g/mol. The van der Waals surface area contributed by atoms with Crippen LogP contribution in [0.2, 0.25) is 0 Å². The van der Waals surface area contributed by atoms with E-state index in [0.29, 0.717) is 24.0 Å². The molecular formula is C13H15BrN4O3S. The van der Waals surface area contributed by atoms with Gasteiger partial charge in [0, 0.05) is 28.5 Å². The van der Waals surface area contributed by atoms with Crippen LogP contribution in [0.1, 0.15) is 12.8 Å². The van der Waals surface area contributed by atoms with Gasteiger partial charge >= 0.3 is 6.03 Å². The zero-order chi connectivity index (χ0) is 15.9. The summed E-state index contributed by atoms with van der Waals surface area (Å²) >= 11 is 3.34. The van der Waals surface area contributed by atoms with Crippen molar-refractivity contribution in [2.24, 2.45) is 5.73 Å². The Kier molecular flexibility index (Phi) is 3.87. The molecule has 2 heterocycles. The summed E-state index contributed by atoms with van der Waals surface area (Å²) < 4.78 is 28.0. The van der Waals surface area contributed by atoms with Crippen molar-refractivity contribution < 1.29 is 13.2 Å². The fourth-order valence-electron chi connectivity index (χ4n) is 2.68. The number of fused-ring (bicyclic) bond motifs is 1. The van der Waals surface area contributed by atoms with Crippen molar-refractivity contribution in [1.82, 2.24) is 9.29 Å². The van der Waals surface area contributed by atoms with Gasteiger partial charge in [0.25, 0.3) is 0 Å². The Morgan fingerprint density at radius 3 is 2.64 bits per heavy atom. The minimum atomic E-state index is -3.70. The molecule has 0 unspecified atom stereocenters. The van der Waals surface area contributed by atoms with Gasteiger partial charge in [-0.05, 0) is 31.0 Å². The number of hydrogen-bond acceptors (Lipinski definition) is 3. The number of sulfonamides is 1. The van der Waals surface area contributed by atoms with E-state index in [9.17, 15) is 13.2 Å². The Hall–Kier alpha value is -1.58. The fourth-order valence-corrected chi connectivity index (χ4v) is 4.84. The van der Waals surface area contributed by atoms with Gasteiger partial charge in [0.1, 0.15) is 10.7 Å². The summed E-state index contributed by atoms with van der Waals surface area (Å²) in [5.74, 6) is 0.104. The van der Waals surface area contributed by atoms with Gasteiger partial charge in [-0.3, -0.25) is 5.32 Å². The number of H-pyrrole nitrogens is 1. The first-order chi connectivity index (χ1) is 10.4. The SMILES string of the molecule is NC(=O)Nc1[nH]c2ccc(Br)cc2c1S(=O)(=O)N1CCCC1. The molecule has 2 aromatic rings. The highest BCUT2D eigenvalue weighted by atomic mass is 79.9. The molecule has 1 fully saturated rings. The molecule has 1 aliphatic heterocycles. The Labute approximate surface area is 136 Å². The van der Waals surface area contributed by atoms with Crippen molar-refractivity contribution in [3.05, 3.63) is 22.7 Å². The summed E-state index contributed by atoms with van der Waals surface area (Å²) in [7, 11) is -3.70. The molecule has 7 nitrogen and oxygen atoms in total. The molecule has 4 N–H and O–H groups in total. The first-order valence-corrected chi connectivity index (χ1v) is 9.01. The highest BCUT2D eigenvalue weighted by molar-refractivity contribution is 9.10. The number of urea groups is 1. The number of anilines is 1. The summed E-state index contributed by atoms with van der Waals surface area (Å²) in [6, 6.07) is 4.43. The molecule has 0 bridgehead atoms. The fraction of sp³-hybridized carbons (Fsp3) is 0.308. The van der Waals surface area contributed by atoms with Crippen LogP contribution in [0, 0.1) is 0 Å². The van der Waals surface area contributed by atoms with Gasteiger partial charge in [0.2, 0.25) is 10.0 Å². The summed E-state index contributed by atoms with van der Waals surface area (Å²) in [6.07, 6.45) is 1.67. The number of nitrogens with one attached hydrogen (secondary N) is 2. The molecule has 9 heteroatoms. The number of primary amides is 1. The van der Waals surface area contributed by atoms with Crippen LogP contribution in [0.3, 0.4) is 0 Å². The Balaban J connectivity index is 2.24. The molecule has 2 amide bonds. The summed E-state index contributed by atoms with van der Waals surface area (Å²) in [5, 5.41) is 2.89. The van der Waals surface area contributed by atoms with Gasteiger partial charge in [0.05, 0.1) is 0 Å². The van der Waals surface area contributed by atoms with E-state index in [4.69, 9.17) is 5.73 Å². The minimum Gasteiger partial charge on any atom is -0.351 e. The summed E-state index contributed by atoms with van der Waals surface area (Å²) in [4.78, 5) is 14.2. The minimum absolute atomic E-state index is 0.0597. The predicted molar refractivity (Wildman–Crippen MR) is 87.2 cm³/mol. The number of nitrogens with two attached hydrogens (primary N) is 1. The lowest BCUT2D eigenvalue weighted by Gasteiger charge is -2.16. The number of halogens is 1. The molecule has 0 spiro atoms. The number of carbonyl (C=O) groups excluding carboxylic acids is 1. The van der Waals surface area contributed by atoms with Gasteiger partial charge in [0.15, 0.2) is 0 Å². The second-order valence-electron chi connectivity index (χ2n) is 5.12. The average Bonchev–Trinajstić information content (AvgIpc) is 3.04. The first kappa shape index (κ1) is 15.3. The van der Waals surface area contributed by atoms with Crippen LogP contribution in [0.15, 0.2) is 27.6 Å². The van der Waals surface area contributed by atoms with Gasteiger partial charge in [-0.25, -0.2) is 13.2 Å². The van der Waals surface area contributed by atoms with E-state index >= 15 is 0 Å². The molecule has 3 rings (SSSR count). The highest BCUT2D eigenvalue weighted by Crippen LogP contribution is 2.35. The third kappa shape index (κ3) is 2.59. The Morgan fingerprint density at radius 1 is 1.32 bits per heavy atom.